The van der Waals surface area contributed by atoms with Crippen LogP contribution in [0.2, 0.25) is 0 Å². The summed E-state index contributed by atoms with van der Waals surface area (Å²) in [6.07, 6.45) is 2.93. The van der Waals surface area contributed by atoms with Gasteiger partial charge in [0.05, 0.1) is 19.8 Å². The second-order valence-corrected chi connectivity index (χ2v) is 12.4. The Bertz CT molecular complexity index is 1190. The van der Waals surface area contributed by atoms with Crippen LogP contribution in [0.5, 0.6) is 5.75 Å². The van der Waals surface area contributed by atoms with Crippen molar-refractivity contribution in [3.8, 4) is 5.75 Å². The standard InChI is InChI=1S/C31H42N2O6S/c1-30-15-14-27(39-29(37)33-21-9-7-10-22(16-21)40-4)31(2,19-34)26(30)13-12-24(35)23(30)17-28(36)32-18-20-8-5-6-11-25(20)38-3/h5-11,16,23-24,26-27,34-35H,12-15,17-19H2,1-4H3,(H,32,36)(H,33,37)/t23-,24-,26+,27-,30+,31+/m1/s1. The summed E-state index contributed by atoms with van der Waals surface area (Å²) in [5, 5.41) is 27.6. The third kappa shape index (κ3) is 6.26. The van der Waals surface area contributed by atoms with Gasteiger partial charge >= 0.3 is 6.09 Å². The Morgan fingerprint density at radius 1 is 1.10 bits per heavy atom. The number of hydrogen-bond acceptors (Lipinski definition) is 7. The van der Waals surface area contributed by atoms with Crippen molar-refractivity contribution in [1.29, 1.82) is 0 Å². The molecule has 40 heavy (non-hydrogen) atoms. The van der Waals surface area contributed by atoms with Gasteiger partial charge in [-0.2, -0.15) is 0 Å². The van der Waals surface area contributed by atoms with E-state index in [4.69, 9.17) is 9.47 Å². The number of nitrogens with one attached hydrogen (secondary N) is 2. The van der Waals surface area contributed by atoms with Crippen LogP contribution in [0.15, 0.2) is 53.4 Å². The van der Waals surface area contributed by atoms with Crippen LogP contribution in [0, 0.1) is 22.7 Å². The predicted molar refractivity (Wildman–Crippen MR) is 156 cm³/mol. The van der Waals surface area contributed by atoms with E-state index < -0.39 is 29.1 Å². The van der Waals surface area contributed by atoms with Crippen molar-refractivity contribution in [1.82, 2.24) is 5.32 Å². The number of anilines is 1. The van der Waals surface area contributed by atoms with Crippen LogP contribution in [-0.2, 0) is 16.1 Å². The van der Waals surface area contributed by atoms with Crippen LogP contribution < -0.4 is 15.4 Å². The number of aliphatic hydroxyl groups excluding tert-OH is 2. The second-order valence-electron chi connectivity index (χ2n) is 11.6. The number of methoxy groups -OCH3 is 1. The van der Waals surface area contributed by atoms with Gasteiger partial charge in [-0.3, -0.25) is 10.1 Å². The topological polar surface area (TPSA) is 117 Å². The highest BCUT2D eigenvalue weighted by molar-refractivity contribution is 7.98. The molecule has 0 spiro atoms. The third-order valence-electron chi connectivity index (χ3n) is 9.32. The Hall–Kier alpha value is -2.75. The summed E-state index contributed by atoms with van der Waals surface area (Å²) in [4.78, 5) is 27.0. The van der Waals surface area contributed by atoms with Crippen LogP contribution >= 0.6 is 11.8 Å². The van der Waals surface area contributed by atoms with Gasteiger partial charge in [-0.1, -0.05) is 38.1 Å². The Morgan fingerprint density at radius 2 is 1.88 bits per heavy atom. The smallest absolute Gasteiger partial charge is 0.411 e. The summed E-state index contributed by atoms with van der Waals surface area (Å²) >= 11 is 1.59. The average molecular weight is 571 g/mol. The summed E-state index contributed by atoms with van der Waals surface area (Å²) in [5.41, 5.74) is 0.427. The molecule has 4 rings (SSSR count). The number of aliphatic hydroxyl groups is 2. The molecule has 2 saturated carbocycles. The number of hydrogen-bond donors (Lipinski definition) is 4. The van der Waals surface area contributed by atoms with Crippen molar-refractivity contribution in [2.45, 2.75) is 69.6 Å². The van der Waals surface area contributed by atoms with E-state index in [1.807, 2.05) is 61.7 Å². The van der Waals surface area contributed by atoms with Gasteiger partial charge in [0.2, 0.25) is 5.91 Å². The zero-order valence-electron chi connectivity index (χ0n) is 23.8. The number of fused-ring (bicyclic) bond motifs is 1. The van der Waals surface area contributed by atoms with Gasteiger partial charge in [-0.05, 0) is 73.5 Å². The van der Waals surface area contributed by atoms with E-state index in [1.54, 1.807) is 18.9 Å². The Kier molecular flexibility index (Phi) is 9.69. The summed E-state index contributed by atoms with van der Waals surface area (Å²) < 4.78 is 11.3. The minimum Gasteiger partial charge on any atom is -0.496 e. The molecule has 2 aromatic carbocycles. The molecule has 2 aliphatic rings. The molecular formula is C31H42N2O6S. The highest BCUT2D eigenvalue weighted by Crippen LogP contribution is 2.61. The molecule has 2 fully saturated rings. The molecule has 2 aromatic rings. The minimum atomic E-state index is -0.711. The first kappa shape index (κ1) is 30.2. The van der Waals surface area contributed by atoms with E-state index in [0.717, 1.165) is 10.5 Å². The van der Waals surface area contributed by atoms with Crippen molar-refractivity contribution in [3.63, 3.8) is 0 Å². The van der Waals surface area contributed by atoms with Gasteiger partial charge < -0.3 is 25.0 Å². The molecule has 2 amide bonds. The van der Waals surface area contributed by atoms with E-state index in [2.05, 4.69) is 17.6 Å². The van der Waals surface area contributed by atoms with Crippen molar-refractivity contribution in [2.24, 2.45) is 22.7 Å². The largest absolute Gasteiger partial charge is 0.496 e. The van der Waals surface area contributed by atoms with E-state index in [9.17, 15) is 19.8 Å². The monoisotopic (exact) mass is 570 g/mol. The zero-order valence-corrected chi connectivity index (χ0v) is 24.6. The van der Waals surface area contributed by atoms with Gasteiger partial charge in [0, 0.05) is 34.5 Å². The lowest BCUT2D eigenvalue weighted by Gasteiger charge is -2.60. The SMILES string of the molecule is COc1ccccc1CNC(=O)C[C@@H]1[C@H](O)CC[C@@H]2[C@](C)(CO)[C@H](OC(=O)Nc3cccc(SC)c3)CC[C@]21C. The van der Waals surface area contributed by atoms with Gasteiger partial charge in [-0.15, -0.1) is 11.8 Å². The summed E-state index contributed by atoms with van der Waals surface area (Å²) in [6.45, 7) is 4.27. The van der Waals surface area contributed by atoms with Gasteiger partial charge in [-0.25, -0.2) is 4.79 Å². The fraction of sp³-hybridized carbons (Fsp3) is 0.548. The van der Waals surface area contributed by atoms with E-state index >= 15 is 0 Å². The van der Waals surface area contributed by atoms with Gasteiger partial charge in [0.1, 0.15) is 11.9 Å². The lowest BCUT2D eigenvalue weighted by molar-refractivity contribution is -0.185. The number of amides is 2. The Morgan fingerprint density at radius 3 is 2.60 bits per heavy atom. The molecular weight excluding hydrogens is 528 g/mol. The fourth-order valence-electron chi connectivity index (χ4n) is 7.07. The number of ether oxygens (including phenoxy) is 2. The fourth-order valence-corrected chi connectivity index (χ4v) is 7.53. The maximum absolute atomic E-state index is 13.1. The molecule has 0 unspecified atom stereocenters. The summed E-state index contributed by atoms with van der Waals surface area (Å²) in [7, 11) is 1.60. The summed E-state index contributed by atoms with van der Waals surface area (Å²) in [5.74, 6) is 0.268. The minimum absolute atomic E-state index is 0.0354. The third-order valence-corrected chi connectivity index (χ3v) is 10.0. The quantitative estimate of drug-likeness (QED) is 0.305. The van der Waals surface area contributed by atoms with E-state index in [-0.39, 0.29) is 30.8 Å². The maximum Gasteiger partial charge on any atom is 0.411 e. The Labute approximate surface area is 241 Å². The lowest BCUT2D eigenvalue weighted by Crippen LogP contribution is -2.61. The highest BCUT2D eigenvalue weighted by atomic mass is 32.2. The molecule has 2 aliphatic carbocycles. The molecule has 6 atom stereocenters. The molecule has 218 valence electrons. The molecule has 0 radical (unpaired) electrons. The first-order valence-corrected chi connectivity index (χ1v) is 15.2. The van der Waals surface area contributed by atoms with Crippen LogP contribution in [-0.4, -0.2) is 54.4 Å². The molecule has 9 heteroatoms. The second kappa shape index (κ2) is 12.8. The highest BCUT2D eigenvalue weighted by Gasteiger charge is 2.60. The number of carbonyl (C=O) groups excluding carboxylic acids is 2. The first-order valence-electron chi connectivity index (χ1n) is 13.9. The van der Waals surface area contributed by atoms with Crippen molar-refractivity contribution in [3.05, 3.63) is 54.1 Å². The van der Waals surface area contributed by atoms with Crippen molar-refractivity contribution in [2.75, 3.05) is 25.3 Å². The number of carbonyl (C=O) groups is 2. The molecule has 0 aliphatic heterocycles. The number of benzene rings is 2. The average Bonchev–Trinajstić information content (AvgIpc) is 2.95. The number of para-hydroxylation sites is 1. The predicted octanol–water partition coefficient (Wildman–Crippen LogP) is 5.23. The molecule has 8 nitrogen and oxygen atoms in total. The van der Waals surface area contributed by atoms with Crippen molar-refractivity contribution >= 4 is 29.4 Å². The first-order chi connectivity index (χ1) is 19.1. The van der Waals surface area contributed by atoms with Gasteiger partial charge in [0.25, 0.3) is 0 Å². The van der Waals surface area contributed by atoms with Gasteiger partial charge in [0.15, 0.2) is 0 Å². The number of thioether (sulfide) groups is 1. The molecule has 0 heterocycles. The van der Waals surface area contributed by atoms with Crippen LogP contribution in [0.25, 0.3) is 0 Å². The zero-order chi connectivity index (χ0) is 28.9. The molecule has 0 saturated heterocycles. The molecule has 4 N–H and O–H groups in total. The number of rotatable bonds is 9. The summed E-state index contributed by atoms with van der Waals surface area (Å²) in [6, 6.07) is 15.1. The molecule has 0 aromatic heterocycles. The maximum atomic E-state index is 13.1. The normalized spacial score (nSPS) is 29.6. The van der Waals surface area contributed by atoms with E-state index in [1.165, 1.54) is 0 Å². The Balaban J connectivity index is 1.45. The van der Waals surface area contributed by atoms with Crippen LogP contribution in [0.4, 0.5) is 10.5 Å². The lowest BCUT2D eigenvalue weighted by atomic mass is 9.46. The van der Waals surface area contributed by atoms with Crippen LogP contribution in [0.1, 0.15) is 51.5 Å². The molecule has 0 bridgehead atoms. The van der Waals surface area contributed by atoms with Crippen molar-refractivity contribution < 1.29 is 29.3 Å². The van der Waals surface area contributed by atoms with E-state index in [0.29, 0.717) is 43.7 Å². The van der Waals surface area contributed by atoms with Crippen LogP contribution in [0.3, 0.4) is 0 Å².